The highest BCUT2D eigenvalue weighted by molar-refractivity contribution is 7.93. The molecular formula is C14H13NO2S. The molecule has 2 aromatic rings. The summed E-state index contributed by atoms with van der Waals surface area (Å²) in [6.07, 6.45) is 0. The molecule has 0 aliphatic carbocycles. The van der Waals surface area contributed by atoms with Crippen LogP contribution in [-0.2, 0) is 10.0 Å². The van der Waals surface area contributed by atoms with Gasteiger partial charge in [0.25, 0.3) is 10.0 Å². The first-order valence-corrected chi connectivity index (χ1v) is 7.21. The summed E-state index contributed by atoms with van der Waals surface area (Å²) in [5, 5.41) is 0. The summed E-state index contributed by atoms with van der Waals surface area (Å²) >= 11 is 0. The first-order chi connectivity index (χ1) is 8.49. The third-order valence-corrected chi connectivity index (χ3v) is 4.59. The molecule has 0 saturated carbocycles. The van der Waals surface area contributed by atoms with Gasteiger partial charge in [0.2, 0.25) is 0 Å². The second-order valence-electron chi connectivity index (χ2n) is 4.61. The number of fused-ring (bicyclic) bond motifs is 3. The molecule has 0 amide bonds. The second kappa shape index (κ2) is 3.59. The maximum Gasteiger partial charge on any atom is 0.262 e. The Balaban J connectivity index is 2.44. The summed E-state index contributed by atoms with van der Waals surface area (Å²) in [5.74, 6) is 0. The predicted molar refractivity (Wildman–Crippen MR) is 72.2 cm³/mol. The quantitative estimate of drug-likeness (QED) is 0.790. The van der Waals surface area contributed by atoms with Gasteiger partial charge in [-0.2, -0.15) is 0 Å². The second-order valence-corrected chi connectivity index (χ2v) is 6.26. The van der Waals surface area contributed by atoms with Crippen LogP contribution >= 0.6 is 0 Å². The molecule has 4 heteroatoms. The number of hydrogen-bond donors (Lipinski definition) is 1. The SMILES string of the molecule is Cc1cc(C)c2c(c1)-c1ccccc1S(=O)(=O)N2. The zero-order valence-corrected chi connectivity index (χ0v) is 11.0. The van der Waals surface area contributed by atoms with Crippen molar-refractivity contribution in [3.63, 3.8) is 0 Å². The highest BCUT2D eigenvalue weighted by Crippen LogP contribution is 2.41. The van der Waals surface area contributed by atoms with Crippen molar-refractivity contribution in [3.05, 3.63) is 47.5 Å². The Morgan fingerprint density at radius 3 is 2.50 bits per heavy atom. The van der Waals surface area contributed by atoms with E-state index < -0.39 is 10.0 Å². The van der Waals surface area contributed by atoms with Crippen LogP contribution in [-0.4, -0.2) is 8.42 Å². The van der Waals surface area contributed by atoms with Crippen LogP contribution in [0.4, 0.5) is 5.69 Å². The number of sulfonamides is 1. The Bertz CT molecular complexity index is 748. The Hall–Kier alpha value is -1.81. The van der Waals surface area contributed by atoms with Crippen molar-refractivity contribution in [1.82, 2.24) is 0 Å². The number of hydrogen-bond acceptors (Lipinski definition) is 2. The smallest absolute Gasteiger partial charge is 0.262 e. The Morgan fingerprint density at radius 2 is 1.72 bits per heavy atom. The Morgan fingerprint density at radius 1 is 1.00 bits per heavy atom. The molecule has 1 N–H and O–H groups in total. The molecule has 0 unspecified atom stereocenters. The van der Waals surface area contributed by atoms with Crippen LogP contribution in [0.15, 0.2) is 41.3 Å². The van der Waals surface area contributed by atoms with Crippen molar-refractivity contribution in [3.8, 4) is 11.1 Å². The van der Waals surface area contributed by atoms with Gasteiger partial charge in [0.15, 0.2) is 0 Å². The lowest BCUT2D eigenvalue weighted by Crippen LogP contribution is -2.19. The van der Waals surface area contributed by atoms with E-state index in [0.29, 0.717) is 10.6 Å². The van der Waals surface area contributed by atoms with Crippen LogP contribution in [0.1, 0.15) is 11.1 Å². The minimum Gasteiger partial charge on any atom is -0.279 e. The molecule has 18 heavy (non-hydrogen) atoms. The number of nitrogens with one attached hydrogen (secondary N) is 1. The zero-order chi connectivity index (χ0) is 12.9. The number of aryl methyl sites for hydroxylation is 2. The van der Waals surface area contributed by atoms with Gasteiger partial charge in [-0.25, -0.2) is 8.42 Å². The number of benzene rings is 2. The van der Waals surface area contributed by atoms with Gasteiger partial charge in [-0.3, -0.25) is 4.72 Å². The van der Waals surface area contributed by atoms with E-state index in [1.54, 1.807) is 12.1 Å². The van der Waals surface area contributed by atoms with E-state index in [2.05, 4.69) is 4.72 Å². The van der Waals surface area contributed by atoms with Crippen LogP contribution in [0.2, 0.25) is 0 Å². The monoisotopic (exact) mass is 259 g/mol. The van der Waals surface area contributed by atoms with Crippen molar-refractivity contribution in [2.75, 3.05) is 4.72 Å². The topological polar surface area (TPSA) is 46.2 Å². The summed E-state index contributed by atoms with van der Waals surface area (Å²) in [6.45, 7) is 3.93. The molecule has 0 atom stereocenters. The van der Waals surface area contributed by atoms with Crippen LogP contribution < -0.4 is 4.72 Å². The fourth-order valence-corrected chi connectivity index (χ4v) is 3.80. The molecule has 0 radical (unpaired) electrons. The first kappa shape index (κ1) is 11.3. The average molecular weight is 259 g/mol. The van der Waals surface area contributed by atoms with Crippen molar-refractivity contribution in [1.29, 1.82) is 0 Å². The molecule has 1 aliphatic heterocycles. The molecule has 92 valence electrons. The largest absolute Gasteiger partial charge is 0.279 e. The lowest BCUT2D eigenvalue weighted by molar-refractivity contribution is 0.601. The number of anilines is 1. The molecule has 0 bridgehead atoms. The van der Waals surface area contributed by atoms with Crippen LogP contribution in [0, 0.1) is 13.8 Å². The van der Waals surface area contributed by atoms with Gasteiger partial charge in [0.1, 0.15) is 0 Å². The van der Waals surface area contributed by atoms with E-state index in [0.717, 1.165) is 22.3 Å². The minimum absolute atomic E-state index is 0.350. The van der Waals surface area contributed by atoms with Gasteiger partial charge in [-0.05, 0) is 31.5 Å². The molecule has 3 nitrogen and oxygen atoms in total. The Kier molecular flexibility index (Phi) is 2.25. The third kappa shape index (κ3) is 1.53. The van der Waals surface area contributed by atoms with Gasteiger partial charge in [-0.1, -0.05) is 29.8 Å². The fourth-order valence-electron chi connectivity index (χ4n) is 2.43. The normalized spacial score (nSPS) is 15.4. The summed E-state index contributed by atoms with van der Waals surface area (Å²) in [6, 6.07) is 11.1. The van der Waals surface area contributed by atoms with Crippen molar-refractivity contribution in [2.45, 2.75) is 18.7 Å². The van der Waals surface area contributed by atoms with Crippen LogP contribution in [0.3, 0.4) is 0 Å². The van der Waals surface area contributed by atoms with Gasteiger partial charge in [0.05, 0.1) is 10.6 Å². The van der Waals surface area contributed by atoms with Gasteiger partial charge >= 0.3 is 0 Å². The maximum absolute atomic E-state index is 12.2. The van der Waals surface area contributed by atoms with E-state index in [1.165, 1.54) is 0 Å². The molecule has 1 aliphatic rings. The minimum atomic E-state index is -3.44. The van der Waals surface area contributed by atoms with Crippen molar-refractivity contribution >= 4 is 15.7 Å². The summed E-state index contributed by atoms with van der Waals surface area (Å²) in [4.78, 5) is 0.350. The van der Waals surface area contributed by atoms with Gasteiger partial charge in [-0.15, -0.1) is 0 Å². The molecule has 2 aromatic carbocycles. The highest BCUT2D eigenvalue weighted by atomic mass is 32.2. The third-order valence-electron chi connectivity index (χ3n) is 3.18. The van der Waals surface area contributed by atoms with E-state index in [4.69, 9.17) is 0 Å². The molecule has 0 spiro atoms. The molecule has 1 heterocycles. The summed E-state index contributed by atoms with van der Waals surface area (Å²) in [5.41, 5.74) is 4.50. The van der Waals surface area contributed by atoms with Gasteiger partial charge < -0.3 is 0 Å². The summed E-state index contributed by atoms with van der Waals surface area (Å²) < 4.78 is 27.0. The Labute approximate surface area is 107 Å². The maximum atomic E-state index is 12.2. The molecular weight excluding hydrogens is 246 g/mol. The predicted octanol–water partition coefficient (Wildman–Crippen LogP) is 3.08. The van der Waals surface area contributed by atoms with Crippen molar-refractivity contribution < 1.29 is 8.42 Å². The standard InChI is InChI=1S/C14H13NO2S/c1-9-7-10(2)14-12(8-9)11-5-3-4-6-13(11)18(16,17)15-14/h3-8,15H,1-2H3. The average Bonchev–Trinajstić information content (AvgIpc) is 2.31. The van der Waals surface area contributed by atoms with Crippen LogP contribution in [0.25, 0.3) is 11.1 Å². The lowest BCUT2D eigenvalue weighted by Gasteiger charge is -2.23. The van der Waals surface area contributed by atoms with Gasteiger partial charge in [0, 0.05) is 11.1 Å². The van der Waals surface area contributed by atoms with Crippen molar-refractivity contribution in [2.24, 2.45) is 0 Å². The van der Waals surface area contributed by atoms with E-state index in [-0.39, 0.29) is 0 Å². The molecule has 0 fully saturated rings. The molecule has 0 saturated heterocycles. The first-order valence-electron chi connectivity index (χ1n) is 5.72. The highest BCUT2D eigenvalue weighted by Gasteiger charge is 2.27. The fraction of sp³-hybridized carbons (Fsp3) is 0.143. The van der Waals surface area contributed by atoms with E-state index in [9.17, 15) is 8.42 Å². The molecule has 3 rings (SSSR count). The van der Waals surface area contributed by atoms with E-state index in [1.807, 2.05) is 38.1 Å². The lowest BCUT2D eigenvalue weighted by atomic mass is 9.98. The van der Waals surface area contributed by atoms with Crippen LogP contribution in [0.5, 0.6) is 0 Å². The van der Waals surface area contributed by atoms with E-state index >= 15 is 0 Å². The zero-order valence-electron chi connectivity index (χ0n) is 10.2. The molecule has 0 aromatic heterocycles. The summed E-state index contributed by atoms with van der Waals surface area (Å²) in [7, 11) is -3.44. The number of rotatable bonds is 0.